The molecule has 3 rings (SSSR count). The molecule has 0 saturated heterocycles. The van der Waals surface area contributed by atoms with E-state index in [9.17, 15) is 4.79 Å². The minimum Gasteiger partial charge on any atom is -0.496 e. The number of halogens is 1. The van der Waals surface area contributed by atoms with Gasteiger partial charge in [-0.2, -0.15) is 0 Å². The third kappa shape index (κ3) is 7.60. The third-order valence-electron chi connectivity index (χ3n) is 4.60. The summed E-state index contributed by atoms with van der Waals surface area (Å²) in [5.74, 6) is 2.09. The van der Waals surface area contributed by atoms with Gasteiger partial charge >= 0.3 is 0 Å². The molecule has 0 atom stereocenters. The molecule has 0 radical (unpaired) electrons. The first kappa shape index (κ1) is 25.3. The van der Waals surface area contributed by atoms with Crippen LogP contribution in [-0.4, -0.2) is 25.5 Å². The second-order valence-electron chi connectivity index (χ2n) is 6.82. The molecular formula is C24H29IN4O3. The van der Waals surface area contributed by atoms with Gasteiger partial charge in [-0.1, -0.05) is 30.3 Å². The Morgan fingerprint density at radius 2 is 1.84 bits per heavy atom. The number of nitrogens with one attached hydrogen (secondary N) is 3. The number of rotatable bonds is 9. The van der Waals surface area contributed by atoms with Crippen molar-refractivity contribution in [2.45, 2.75) is 26.6 Å². The van der Waals surface area contributed by atoms with Gasteiger partial charge in [0.1, 0.15) is 11.5 Å². The summed E-state index contributed by atoms with van der Waals surface area (Å²) in [6.45, 7) is 4.15. The molecular weight excluding hydrogens is 519 g/mol. The van der Waals surface area contributed by atoms with Crippen LogP contribution in [0.3, 0.4) is 0 Å². The van der Waals surface area contributed by atoms with Crippen LogP contribution in [0.25, 0.3) is 0 Å². The quantitative estimate of drug-likeness (QED) is 0.213. The first-order chi connectivity index (χ1) is 15.2. The van der Waals surface area contributed by atoms with E-state index in [0.717, 1.165) is 23.4 Å². The van der Waals surface area contributed by atoms with Gasteiger partial charge in [-0.25, -0.2) is 4.99 Å². The summed E-state index contributed by atoms with van der Waals surface area (Å²) in [5.41, 5.74) is 2.58. The number of hydrogen-bond acceptors (Lipinski definition) is 4. The highest BCUT2D eigenvalue weighted by molar-refractivity contribution is 14.0. The standard InChI is InChI=1S/C24H28N4O3.HI/c1-3-25-24(28-16-20-9-4-5-12-22(20)30-2)27-15-18-8-6-10-19(14-18)23(29)26-17-21-11-7-13-31-21;/h4-14H,3,15-17H2,1-2H3,(H,26,29)(H2,25,27,28);1H. The third-order valence-corrected chi connectivity index (χ3v) is 4.60. The normalized spacial score (nSPS) is 10.8. The van der Waals surface area contributed by atoms with Crippen molar-refractivity contribution in [2.24, 2.45) is 4.99 Å². The molecule has 0 bridgehead atoms. The van der Waals surface area contributed by atoms with E-state index in [0.29, 0.717) is 36.9 Å². The second-order valence-corrected chi connectivity index (χ2v) is 6.82. The Morgan fingerprint density at radius 3 is 2.59 bits per heavy atom. The SMILES string of the molecule is CCNC(=NCc1cccc(C(=O)NCc2ccco2)c1)NCc1ccccc1OC.I. The van der Waals surface area contributed by atoms with Crippen molar-refractivity contribution < 1.29 is 13.9 Å². The number of guanidine groups is 1. The molecule has 1 amide bonds. The highest BCUT2D eigenvalue weighted by Crippen LogP contribution is 2.16. The first-order valence-electron chi connectivity index (χ1n) is 10.2. The number of benzene rings is 2. The Bertz CT molecular complexity index is 1010. The summed E-state index contributed by atoms with van der Waals surface area (Å²) < 4.78 is 10.6. The lowest BCUT2D eigenvalue weighted by Crippen LogP contribution is -2.36. The zero-order valence-electron chi connectivity index (χ0n) is 18.3. The summed E-state index contributed by atoms with van der Waals surface area (Å²) in [7, 11) is 1.66. The number of furan rings is 1. The lowest BCUT2D eigenvalue weighted by Gasteiger charge is -2.13. The number of para-hydroxylation sites is 1. The highest BCUT2D eigenvalue weighted by atomic mass is 127. The highest BCUT2D eigenvalue weighted by Gasteiger charge is 2.08. The van der Waals surface area contributed by atoms with Crippen LogP contribution in [0.4, 0.5) is 0 Å². The van der Waals surface area contributed by atoms with Crippen molar-refractivity contribution >= 4 is 35.8 Å². The molecule has 3 N–H and O–H groups in total. The molecule has 0 fully saturated rings. The fourth-order valence-corrected chi connectivity index (χ4v) is 3.03. The Kier molecular flexibility index (Phi) is 10.6. The molecule has 3 aromatic rings. The van der Waals surface area contributed by atoms with Gasteiger partial charge in [0, 0.05) is 24.2 Å². The average Bonchev–Trinajstić information content (AvgIpc) is 3.33. The van der Waals surface area contributed by atoms with Crippen LogP contribution < -0.4 is 20.7 Å². The Hall–Kier alpha value is -3.01. The minimum atomic E-state index is -0.150. The average molecular weight is 548 g/mol. The van der Waals surface area contributed by atoms with Crippen molar-refractivity contribution in [3.05, 3.63) is 89.4 Å². The van der Waals surface area contributed by atoms with E-state index in [2.05, 4.69) is 20.9 Å². The van der Waals surface area contributed by atoms with Crippen LogP contribution in [0.5, 0.6) is 5.75 Å². The predicted octanol–water partition coefficient (Wildman–Crippen LogP) is 4.09. The van der Waals surface area contributed by atoms with Crippen LogP contribution in [0.2, 0.25) is 0 Å². The fraction of sp³-hybridized carbons (Fsp3) is 0.250. The van der Waals surface area contributed by atoms with Crippen LogP contribution >= 0.6 is 24.0 Å². The molecule has 0 aliphatic rings. The number of amides is 1. The molecule has 7 nitrogen and oxygen atoms in total. The number of carbonyl (C=O) groups excluding carboxylic acids is 1. The molecule has 0 saturated carbocycles. The van der Waals surface area contributed by atoms with E-state index in [4.69, 9.17) is 9.15 Å². The van der Waals surface area contributed by atoms with Crippen molar-refractivity contribution in [3.8, 4) is 5.75 Å². The van der Waals surface area contributed by atoms with Gasteiger partial charge in [0.05, 0.1) is 26.5 Å². The summed E-state index contributed by atoms with van der Waals surface area (Å²) >= 11 is 0. The smallest absolute Gasteiger partial charge is 0.251 e. The van der Waals surface area contributed by atoms with Crippen LogP contribution in [-0.2, 0) is 19.6 Å². The number of hydrogen-bond donors (Lipinski definition) is 3. The van der Waals surface area contributed by atoms with Crippen molar-refractivity contribution in [1.82, 2.24) is 16.0 Å². The largest absolute Gasteiger partial charge is 0.496 e. The Balaban J connectivity index is 0.00000363. The fourth-order valence-electron chi connectivity index (χ4n) is 3.03. The van der Waals surface area contributed by atoms with E-state index in [1.165, 1.54) is 0 Å². The summed E-state index contributed by atoms with van der Waals surface area (Å²) in [5, 5.41) is 9.42. The van der Waals surface area contributed by atoms with E-state index < -0.39 is 0 Å². The van der Waals surface area contributed by atoms with Gasteiger partial charge in [-0.15, -0.1) is 24.0 Å². The molecule has 0 aliphatic heterocycles. The van der Waals surface area contributed by atoms with Crippen molar-refractivity contribution in [3.63, 3.8) is 0 Å². The maximum absolute atomic E-state index is 12.4. The summed E-state index contributed by atoms with van der Waals surface area (Å²) in [6.07, 6.45) is 1.59. The van der Waals surface area contributed by atoms with Gasteiger partial charge in [-0.3, -0.25) is 4.79 Å². The van der Waals surface area contributed by atoms with E-state index >= 15 is 0 Å². The molecule has 0 aliphatic carbocycles. The topological polar surface area (TPSA) is 87.9 Å². The maximum atomic E-state index is 12.4. The van der Waals surface area contributed by atoms with Gasteiger partial charge in [-0.05, 0) is 42.8 Å². The van der Waals surface area contributed by atoms with E-state index in [-0.39, 0.29) is 29.9 Å². The van der Waals surface area contributed by atoms with Gasteiger partial charge in [0.25, 0.3) is 5.91 Å². The predicted molar refractivity (Wildman–Crippen MR) is 136 cm³/mol. The van der Waals surface area contributed by atoms with Crippen molar-refractivity contribution in [2.75, 3.05) is 13.7 Å². The lowest BCUT2D eigenvalue weighted by molar-refractivity contribution is 0.0948. The lowest BCUT2D eigenvalue weighted by atomic mass is 10.1. The Morgan fingerprint density at radius 1 is 1.00 bits per heavy atom. The number of methoxy groups -OCH3 is 1. The molecule has 0 spiro atoms. The number of nitrogens with zero attached hydrogens (tertiary/aromatic N) is 1. The molecule has 170 valence electrons. The first-order valence-corrected chi connectivity index (χ1v) is 10.2. The molecule has 1 heterocycles. The van der Waals surface area contributed by atoms with Gasteiger partial charge < -0.3 is 25.1 Å². The van der Waals surface area contributed by atoms with E-state index in [1.807, 2.05) is 55.5 Å². The zero-order valence-corrected chi connectivity index (χ0v) is 20.6. The summed E-state index contributed by atoms with van der Waals surface area (Å²) in [4.78, 5) is 17.1. The number of ether oxygens (including phenoxy) is 1. The summed E-state index contributed by atoms with van der Waals surface area (Å²) in [6, 6.07) is 18.9. The molecule has 32 heavy (non-hydrogen) atoms. The van der Waals surface area contributed by atoms with Gasteiger partial charge in [0.15, 0.2) is 5.96 Å². The molecule has 8 heteroatoms. The van der Waals surface area contributed by atoms with Gasteiger partial charge in [0.2, 0.25) is 0 Å². The maximum Gasteiger partial charge on any atom is 0.251 e. The molecule has 0 unspecified atom stereocenters. The molecule has 2 aromatic carbocycles. The van der Waals surface area contributed by atoms with Crippen LogP contribution in [0.15, 0.2) is 76.3 Å². The zero-order chi connectivity index (χ0) is 21.9. The second kappa shape index (κ2) is 13.4. The minimum absolute atomic E-state index is 0. The molecule has 1 aromatic heterocycles. The number of aliphatic imine (C=N–C) groups is 1. The van der Waals surface area contributed by atoms with Crippen LogP contribution in [0.1, 0.15) is 34.2 Å². The van der Waals surface area contributed by atoms with E-state index in [1.54, 1.807) is 25.5 Å². The number of carbonyl (C=O) groups is 1. The monoisotopic (exact) mass is 548 g/mol. The Labute approximate surface area is 205 Å². The van der Waals surface area contributed by atoms with Crippen molar-refractivity contribution in [1.29, 1.82) is 0 Å². The van der Waals surface area contributed by atoms with Crippen LogP contribution in [0, 0.1) is 0 Å².